The number of esters is 1. The van der Waals surface area contributed by atoms with E-state index >= 15 is 0 Å². The van der Waals surface area contributed by atoms with Gasteiger partial charge in [-0.1, -0.05) is 17.8 Å². The zero-order chi connectivity index (χ0) is 24.9. The number of rotatable bonds is 8. The van der Waals surface area contributed by atoms with Crippen molar-refractivity contribution in [3.05, 3.63) is 57.9 Å². The molecule has 0 saturated heterocycles. The summed E-state index contributed by atoms with van der Waals surface area (Å²) in [5.41, 5.74) is 3.13. The first-order valence-corrected chi connectivity index (χ1v) is 11.8. The van der Waals surface area contributed by atoms with Crippen LogP contribution in [0.1, 0.15) is 35.3 Å². The van der Waals surface area contributed by atoms with Gasteiger partial charge in [0.1, 0.15) is 11.1 Å². The van der Waals surface area contributed by atoms with Crippen molar-refractivity contribution in [1.29, 1.82) is 5.26 Å². The molecule has 3 heterocycles. The summed E-state index contributed by atoms with van der Waals surface area (Å²) in [5, 5.41) is 15.8. The second-order valence-electron chi connectivity index (χ2n) is 7.69. The predicted molar refractivity (Wildman–Crippen MR) is 126 cm³/mol. The molecule has 1 aromatic heterocycles. The van der Waals surface area contributed by atoms with Crippen LogP contribution in [0.3, 0.4) is 0 Å². The summed E-state index contributed by atoms with van der Waals surface area (Å²) in [6.07, 6.45) is 0. The molecule has 0 aliphatic carbocycles. The first-order chi connectivity index (χ1) is 16.9. The second-order valence-corrected chi connectivity index (χ2v) is 8.66. The number of hydrogen-bond donors (Lipinski definition) is 2. The first-order valence-electron chi connectivity index (χ1n) is 10.8. The summed E-state index contributed by atoms with van der Waals surface area (Å²) in [6.45, 7) is 4.09. The highest BCUT2D eigenvalue weighted by Gasteiger charge is 2.34. The maximum absolute atomic E-state index is 13.0. The average molecular weight is 497 g/mol. The molecule has 2 N–H and O–H groups in total. The van der Waals surface area contributed by atoms with Gasteiger partial charge in [-0.25, -0.2) is 14.6 Å². The number of thioether (sulfide) groups is 1. The number of amides is 2. The number of methoxy groups -OCH3 is 1. The molecule has 35 heavy (non-hydrogen) atoms. The molecular weight excluding hydrogens is 472 g/mol. The minimum absolute atomic E-state index is 0.107. The second kappa shape index (κ2) is 10.7. The van der Waals surface area contributed by atoms with Gasteiger partial charge < -0.3 is 29.6 Å². The summed E-state index contributed by atoms with van der Waals surface area (Å²) in [6, 6.07) is 7.99. The smallest absolute Gasteiger partial charge is 0.338 e. The molecule has 10 nitrogen and oxygen atoms in total. The fraction of sp³-hybridized carbons (Fsp3) is 0.333. The molecular formula is C24H24N4O6S. The van der Waals surface area contributed by atoms with Crippen LogP contribution in [0.25, 0.3) is 0 Å². The van der Waals surface area contributed by atoms with Crippen LogP contribution in [-0.2, 0) is 20.9 Å². The molecule has 0 radical (unpaired) electrons. The van der Waals surface area contributed by atoms with Gasteiger partial charge in [-0.3, -0.25) is 0 Å². The van der Waals surface area contributed by atoms with Crippen LogP contribution in [0.5, 0.6) is 11.5 Å². The molecule has 2 aromatic rings. The molecule has 0 bridgehead atoms. The summed E-state index contributed by atoms with van der Waals surface area (Å²) < 4.78 is 21.4. The van der Waals surface area contributed by atoms with E-state index in [0.29, 0.717) is 33.3 Å². The van der Waals surface area contributed by atoms with Crippen LogP contribution in [0.4, 0.5) is 4.79 Å². The summed E-state index contributed by atoms with van der Waals surface area (Å²) in [4.78, 5) is 30.1. The van der Waals surface area contributed by atoms with E-state index in [0.717, 1.165) is 11.3 Å². The van der Waals surface area contributed by atoms with Gasteiger partial charge in [0.05, 0.1) is 30.4 Å². The zero-order valence-corrected chi connectivity index (χ0v) is 20.3. The zero-order valence-electron chi connectivity index (χ0n) is 19.5. The van der Waals surface area contributed by atoms with Gasteiger partial charge in [0, 0.05) is 24.3 Å². The standard InChI is InChI=1S/C24H24N4O6S/c1-4-32-23(29)20-17(11-35-22-16(9-25)15(10-31-3)7-13(2)26-22)27-24(30)28-21(20)14-5-6-18-19(8-14)34-12-33-18/h5-8,21H,4,10-12H2,1-3H3,(H2,27,28,30)/t21-/m0/s1. The normalized spacial score (nSPS) is 16.4. The molecule has 182 valence electrons. The van der Waals surface area contributed by atoms with Gasteiger partial charge in [-0.2, -0.15) is 5.26 Å². The summed E-state index contributed by atoms with van der Waals surface area (Å²) >= 11 is 1.25. The number of nitrogens with zero attached hydrogens (tertiary/aromatic N) is 2. The van der Waals surface area contributed by atoms with Crippen molar-refractivity contribution in [3.8, 4) is 17.6 Å². The van der Waals surface area contributed by atoms with Gasteiger partial charge in [0.2, 0.25) is 6.79 Å². The maximum atomic E-state index is 13.0. The lowest BCUT2D eigenvalue weighted by atomic mass is 9.95. The number of hydrogen-bond acceptors (Lipinski definition) is 9. The molecule has 2 aliphatic heterocycles. The fourth-order valence-electron chi connectivity index (χ4n) is 3.87. The van der Waals surface area contributed by atoms with Crippen LogP contribution in [-0.4, -0.2) is 43.2 Å². The number of carbonyl (C=O) groups excluding carboxylic acids is 2. The SMILES string of the molecule is CCOC(=O)C1=C(CSc2nc(C)cc(COC)c2C#N)NC(=O)N[C@H]1c1ccc2c(c1)OCO2. The van der Waals surface area contributed by atoms with Crippen molar-refractivity contribution in [2.24, 2.45) is 0 Å². The van der Waals surface area contributed by atoms with Gasteiger partial charge in [-0.15, -0.1) is 0 Å². The number of aryl methyl sites for hydroxylation is 1. The Labute approximate surface area is 206 Å². The number of carbonyl (C=O) groups is 2. The van der Waals surface area contributed by atoms with Crippen molar-refractivity contribution >= 4 is 23.8 Å². The van der Waals surface area contributed by atoms with E-state index in [4.69, 9.17) is 18.9 Å². The number of benzene rings is 1. The monoisotopic (exact) mass is 496 g/mol. The lowest BCUT2D eigenvalue weighted by Crippen LogP contribution is -2.46. The third-order valence-electron chi connectivity index (χ3n) is 5.34. The van der Waals surface area contributed by atoms with E-state index in [1.54, 1.807) is 38.3 Å². The maximum Gasteiger partial charge on any atom is 0.338 e. The van der Waals surface area contributed by atoms with E-state index in [1.807, 2.05) is 6.92 Å². The van der Waals surface area contributed by atoms with Crippen molar-refractivity contribution in [2.45, 2.75) is 31.5 Å². The molecule has 1 atom stereocenters. The number of ether oxygens (including phenoxy) is 4. The average Bonchev–Trinajstić information content (AvgIpc) is 3.30. The Balaban J connectivity index is 1.72. The Hall–Kier alpha value is -3.75. The molecule has 0 unspecified atom stereocenters. The summed E-state index contributed by atoms with van der Waals surface area (Å²) in [7, 11) is 1.56. The Morgan fingerprint density at radius 2 is 2.11 bits per heavy atom. The molecule has 0 saturated carbocycles. The van der Waals surface area contributed by atoms with E-state index in [9.17, 15) is 14.9 Å². The van der Waals surface area contributed by atoms with Gasteiger partial charge >= 0.3 is 12.0 Å². The largest absolute Gasteiger partial charge is 0.463 e. The number of urea groups is 1. The number of nitriles is 1. The van der Waals surface area contributed by atoms with E-state index in [2.05, 4.69) is 21.7 Å². The molecule has 4 rings (SSSR count). The number of fused-ring (bicyclic) bond motifs is 1. The topological polar surface area (TPSA) is 132 Å². The third-order valence-corrected chi connectivity index (χ3v) is 6.34. The van der Waals surface area contributed by atoms with Crippen molar-refractivity contribution in [1.82, 2.24) is 15.6 Å². The van der Waals surface area contributed by atoms with Crippen LogP contribution >= 0.6 is 11.8 Å². The highest BCUT2D eigenvalue weighted by molar-refractivity contribution is 7.99. The lowest BCUT2D eigenvalue weighted by molar-refractivity contribution is -0.139. The van der Waals surface area contributed by atoms with E-state index < -0.39 is 18.0 Å². The highest BCUT2D eigenvalue weighted by Crippen LogP contribution is 2.38. The Morgan fingerprint density at radius 1 is 1.31 bits per heavy atom. The fourth-order valence-corrected chi connectivity index (χ4v) is 4.91. The first kappa shape index (κ1) is 24.4. The Kier molecular flexibility index (Phi) is 7.43. The molecule has 11 heteroatoms. The van der Waals surface area contributed by atoms with Crippen molar-refractivity contribution < 1.29 is 28.5 Å². The number of aromatic nitrogens is 1. The minimum Gasteiger partial charge on any atom is -0.463 e. The Bertz CT molecular complexity index is 1240. The van der Waals surface area contributed by atoms with Crippen molar-refractivity contribution in [2.75, 3.05) is 26.3 Å². The highest BCUT2D eigenvalue weighted by atomic mass is 32.2. The van der Waals surface area contributed by atoms with Crippen LogP contribution in [0, 0.1) is 18.3 Å². The third kappa shape index (κ3) is 5.18. The molecule has 0 fully saturated rings. The minimum atomic E-state index is -0.766. The number of nitrogens with one attached hydrogen (secondary N) is 2. The molecule has 2 amide bonds. The molecule has 2 aliphatic rings. The van der Waals surface area contributed by atoms with Gasteiger partial charge in [0.25, 0.3) is 0 Å². The molecule has 1 aromatic carbocycles. The quantitative estimate of drug-likeness (QED) is 0.418. The van der Waals surface area contributed by atoms with Crippen LogP contribution in [0.15, 0.2) is 40.6 Å². The van der Waals surface area contributed by atoms with Gasteiger partial charge in [0.15, 0.2) is 11.5 Å². The molecule has 0 spiro atoms. The van der Waals surface area contributed by atoms with Gasteiger partial charge in [-0.05, 0) is 43.2 Å². The van der Waals surface area contributed by atoms with E-state index in [-0.39, 0.29) is 31.3 Å². The van der Waals surface area contributed by atoms with Crippen molar-refractivity contribution in [3.63, 3.8) is 0 Å². The Morgan fingerprint density at radius 3 is 2.86 bits per heavy atom. The number of pyridine rings is 1. The summed E-state index contributed by atoms with van der Waals surface area (Å²) in [5.74, 6) is 0.742. The predicted octanol–water partition coefficient (Wildman–Crippen LogP) is 3.10. The van der Waals surface area contributed by atoms with E-state index in [1.165, 1.54) is 11.8 Å². The van der Waals surface area contributed by atoms with Crippen LogP contribution in [0.2, 0.25) is 0 Å². The lowest BCUT2D eigenvalue weighted by Gasteiger charge is -2.29. The van der Waals surface area contributed by atoms with Crippen LogP contribution < -0.4 is 20.1 Å².